The number of benzene rings is 1. The van der Waals surface area contributed by atoms with Crippen LogP contribution in [-0.4, -0.2) is 26.2 Å². The summed E-state index contributed by atoms with van der Waals surface area (Å²) in [4.78, 5) is 17.3. The summed E-state index contributed by atoms with van der Waals surface area (Å²) < 4.78 is 19.4. The summed E-state index contributed by atoms with van der Waals surface area (Å²) in [7, 11) is 0. The van der Waals surface area contributed by atoms with Gasteiger partial charge in [0.2, 0.25) is 0 Å². The highest BCUT2D eigenvalue weighted by molar-refractivity contribution is 6.14. The number of H-pyrrole nitrogens is 1. The van der Waals surface area contributed by atoms with Gasteiger partial charge in [-0.2, -0.15) is 5.10 Å². The van der Waals surface area contributed by atoms with Crippen LogP contribution in [0.1, 0.15) is 41.5 Å². The normalized spacial score (nSPS) is 11.6. The fourth-order valence-corrected chi connectivity index (χ4v) is 2.88. The van der Waals surface area contributed by atoms with Crippen molar-refractivity contribution < 1.29 is 13.7 Å². The Kier molecular flexibility index (Phi) is 3.68. The van der Waals surface area contributed by atoms with Crippen LogP contribution in [0.3, 0.4) is 0 Å². The van der Waals surface area contributed by atoms with E-state index < -0.39 is 11.7 Å². The molecular weight excluding hydrogens is 337 g/mol. The molecule has 0 radical (unpaired) electrons. The molecule has 1 aromatic carbocycles. The topological polar surface area (TPSA) is 96.7 Å². The van der Waals surface area contributed by atoms with E-state index in [1.807, 2.05) is 13.8 Å². The molecule has 26 heavy (non-hydrogen) atoms. The number of anilines is 1. The molecule has 4 aromatic rings. The van der Waals surface area contributed by atoms with Gasteiger partial charge in [0, 0.05) is 5.69 Å². The van der Waals surface area contributed by atoms with Gasteiger partial charge in [-0.05, 0) is 31.0 Å². The van der Waals surface area contributed by atoms with E-state index in [1.54, 1.807) is 25.1 Å². The third-order valence-electron chi connectivity index (χ3n) is 4.24. The predicted octanol–water partition coefficient (Wildman–Crippen LogP) is 3.92. The molecule has 0 fully saturated rings. The van der Waals surface area contributed by atoms with Crippen molar-refractivity contribution in [2.24, 2.45) is 0 Å². The minimum absolute atomic E-state index is 0.0972. The molecule has 3 heterocycles. The Labute approximate surface area is 147 Å². The largest absolute Gasteiger partial charge is 0.336 e. The summed E-state index contributed by atoms with van der Waals surface area (Å²) in [5, 5.41) is 14.1. The van der Waals surface area contributed by atoms with E-state index in [9.17, 15) is 9.18 Å². The van der Waals surface area contributed by atoms with Crippen LogP contribution in [0.15, 0.2) is 28.8 Å². The molecule has 0 saturated heterocycles. The molecule has 7 nitrogen and oxygen atoms in total. The maximum atomic E-state index is 14.1. The van der Waals surface area contributed by atoms with E-state index in [2.05, 4.69) is 25.7 Å². The van der Waals surface area contributed by atoms with Crippen LogP contribution >= 0.6 is 0 Å². The van der Waals surface area contributed by atoms with Gasteiger partial charge in [-0.3, -0.25) is 9.89 Å². The Morgan fingerprint density at radius 2 is 2.12 bits per heavy atom. The van der Waals surface area contributed by atoms with Crippen LogP contribution in [0.25, 0.3) is 22.0 Å². The summed E-state index contributed by atoms with van der Waals surface area (Å²) in [6, 6.07) is 6.28. The summed E-state index contributed by atoms with van der Waals surface area (Å²) in [6.07, 6.45) is 0. The molecule has 8 heteroatoms. The first kappa shape index (κ1) is 16.2. The van der Waals surface area contributed by atoms with Crippen molar-refractivity contribution >= 4 is 33.7 Å². The van der Waals surface area contributed by atoms with Crippen molar-refractivity contribution in [1.29, 1.82) is 0 Å². The Bertz CT molecular complexity index is 1150. The predicted molar refractivity (Wildman–Crippen MR) is 94.6 cm³/mol. The van der Waals surface area contributed by atoms with Crippen molar-refractivity contribution in [2.45, 2.75) is 26.7 Å². The van der Waals surface area contributed by atoms with Gasteiger partial charge in [0.1, 0.15) is 5.82 Å². The standard InChI is InChI=1S/C18H16FN5O2/c1-8(2)13-7-10(14-9(3)24-26-18(14)20-13)17(25)21-16-15-11(19)5-4-6-12(15)22-23-16/h4-8H,1-3H3,(H2,21,22,23,25). The Morgan fingerprint density at radius 1 is 1.31 bits per heavy atom. The smallest absolute Gasteiger partial charge is 0.259 e. The van der Waals surface area contributed by atoms with E-state index in [1.165, 1.54) is 6.07 Å². The molecular formula is C18H16FN5O2. The molecule has 0 unspecified atom stereocenters. The van der Waals surface area contributed by atoms with Gasteiger partial charge in [0.25, 0.3) is 11.6 Å². The monoisotopic (exact) mass is 353 g/mol. The molecule has 2 N–H and O–H groups in total. The van der Waals surface area contributed by atoms with Crippen molar-refractivity contribution in [3.05, 3.63) is 47.0 Å². The lowest BCUT2D eigenvalue weighted by Crippen LogP contribution is -2.14. The second kappa shape index (κ2) is 5.91. The fourth-order valence-electron chi connectivity index (χ4n) is 2.88. The number of fused-ring (bicyclic) bond motifs is 2. The third-order valence-corrected chi connectivity index (χ3v) is 4.24. The number of aryl methyl sites for hydroxylation is 1. The summed E-state index contributed by atoms with van der Waals surface area (Å²) >= 11 is 0. The molecule has 0 bridgehead atoms. The van der Waals surface area contributed by atoms with Gasteiger partial charge in [-0.15, -0.1) is 0 Å². The molecule has 0 aliphatic heterocycles. The maximum Gasteiger partial charge on any atom is 0.259 e. The van der Waals surface area contributed by atoms with E-state index in [0.29, 0.717) is 33.6 Å². The van der Waals surface area contributed by atoms with Gasteiger partial charge in [0.05, 0.1) is 27.5 Å². The van der Waals surface area contributed by atoms with Crippen molar-refractivity contribution in [1.82, 2.24) is 20.3 Å². The number of hydrogen-bond acceptors (Lipinski definition) is 5. The summed E-state index contributed by atoms with van der Waals surface area (Å²) in [5.41, 5.74) is 2.44. The molecule has 132 valence electrons. The Hall–Kier alpha value is -3.29. The lowest BCUT2D eigenvalue weighted by atomic mass is 10.0. The minimum Gasteiger partial charge on any atom is -0.336 e. The number of carbonyl (C=O) groups is 1. The number of carbonyl (C=O) groups excluding carboxylic acids is 1. The Balaban J connectivity index is 1.82. The highest BCUT2D eigenvalue weighted by atomic mass is 19.1. The SMILES string of the molecule is Cc1noc2nc(C(C)C)cc(C(=O)Nc3n[nH]c4cccc(F)c34)c12. The van der Waals surface area contributed by atoms with E-state index >= 15 is 0 Å². The number of nitrogens with zero attached hydrogens (tertiary/aromatic N) is 3. The number of aromatic amines is 1. The zero-order chi connectivity index (χ0) is 18.4. The zero-order valence-electron chi connectivity index (χ0n) is 14.4. The van der Waals surface area contributed by atoms with Crippen LogP contribution in [0.4, 0.5) is 10.2 Å². The first-order valence-corrected chi connectivity index (χ1v) is 8.16. The molecule has 4 rings (SSSR count). The number of rotatable bonds is 3. The first-order chi connectivity index (χ1) is 12.5. The van der Waals surface area contributed by atoms with Gasteiger partial charge in [0.15, 0.2) is 5.82 Å². The number of amides is 1. The number of halogens is 1. The van der Waals surface area contributed by atoms with Crippen LogP contribution in [-0.2, 0) is 0 Å². The van der Waals surface area contributed by atoms with Crippen LogP contribution < -0.4 is 5.32 Å². The number of hydrogen-bond donors (Lipinski definition) is 2. The molecule has 1 amide bonds. The third kappa shape index (κ3) is 2.50. The average molecular weight is 353 g/mol. The van der Waals surface area contributed by atoms with Gasteiger partial charge >= 0.3 is 0 Å². The van der Waals surface area contributed by atoms with Gasteiger partial charge < -0.3 is 9.84 Å². The zero-order valence-corrected chi connectivity index (χ0v) is 14.4. The summed E-state index contributed by atoms with van der Waals surface area (Å²) in [6.45, 7) is 5.67. The maximum absolute atomic E-state index is 14.1. The van der Waals surface area contributed by atoms with Crippen LogP contribution in [0.5, 0.6) is 0 Å². The van der Waals surface area contributed by atoms with E-state index in [0.717, 1.165) is 0 Å². The molecule has 0 aliphatic rings. The summed E-state index contributed by atoms with van der Waals surface area (Å²) in [5.74, 6) is -0.661. The second-order valence-electron chi connectivity index (χ2n) is 6.39. The Morgan fingerprint density at radius 3 is 2.88 bits per heavy atom. The number of nitrogens with one attached hydrogen (secondary N) is 2. The molecule has 0 atom stereocenters. The van der Waals surface area contributed by atoms with E-state index in [4.69, 9.17) is 4.52 Å². The average Bonchev–Trinajstić information content (AvgIpc) is 3.19. The first-order valence-electron chi connectivity index (χ1n) is 8.16. The van der Waals surface area contributed by atoms with Crippen molar-refractivity contribution in [3.8, 4) is 0 Å². The van der Waals surface area contributed by atoms with Gasteiger partial charge in [-0.1, -0.05) is 25.1 Å². The lowest BCUT2D eigenvalue weighted by Gasteiger charge is -2.09. The molecule has 3 aromatic heterocycles. The quantitative estimate of drug-likeness (QED) is 0.582. The highest BCUT2D eigenvalue weighted by Crippen LogP contribution is 2.28. The number of pyridine rings is 1. The van der Waals surface area contributed by atoms with Crippen molar-refractivity contribution in [3.63, 3.8) is 0 Å². The molecule has 0 aliphatic carbocycles. The molecule has 0 spiro atoms. The van der Waals surface area contributed by atoms with E-state index in [-0.39, 0.29) is 17.1 Å². The minimum atomic E-state index is -0.463. The van der Waals surface area contributed by atoms with Crippen LogP contribution in [0.2, 0.25) is 0 Å². The highest BCUT2D eigenvalue weighted by Gasteiger charge is 2.21. The van der Waals surface area contributed by atoms with Crippen molar-refractivity contribution in [2.75, 3.05) is 5.32 Å². The lowest BCUT2D eigenvalue weighted by molar-refractivity contribution is 0.102. The second-order valence-corrected chi connectivity index (χ2v) is 6.39. The molecule has 0 saturated carbocycles. The van der Waals surface area contributed by atoms with Gasteiger partial charge in [-0.25, -0.2) is 9.37 Å². The number of aromatic nitrogens is 4. The van der Waals surface area contributed by atoms with Crippen LogP contribution in [0, 0.1) is 12.7 Å². The fraction of sp³-hybridized carbons (Fsp3) is 0.222.